The van der Waals surface area contributed by atoms with Crippen LogP contribution in [-0.2, 0) is 12.8 Å². The minimum absolute atomic E-state index is 0.126. The van der Waals surface area contributed by atoms with Crippen molar-refractivity contribution in [3.63, 3.8) is 0 Å². The molecule has 1 heterocycles. The predicted molar refractivity (Wildman–Crippen MR) is 78.1 cm³/mol. The van der Waals surface area contributed by atoms with E-state index in [0.29, 0.717) is 0 Å². The van der Waals surface area contributed by atoms with Gasteiger partial charge in [0.15, 0.2) is 0 Å². The highest BCUT2D eigenvalue weighted by Gasteiger charge is 2.05. The van der Waals surface area contributed by atoms with Gasteiger partial charge >= 0.3 is 0 Å². The normalized spacial score (nSPS) is 12.4. The van der Waals surface area contributed by atoms with Gasteiger partial charge in [-0.05, 0) is 32.4 Å². The Balaban J connectivity index is 2.19. The zero-order valence-electron chi connectivity index (χ0n) is 11.9. The van der Waals surface area contributed by atoms with Crippen molar-refractivity contribution < 1.29 is 0 Å². The van der Waals surface area contributed by atoms with E-state index in [9.17, 15) is 0 Å². The van der Waals surface area contributed by atoms with Gasteiger partial charge in [0.05, 0.1) is 0 Å². The van der Waals surface area contributed by atoms with E-state index >= 15 is 0 Å². The van der Waals surface area contributed by atoms with Crippen LogP contribution in [0.5, 0.6) is 0 Å². The average molecular weight is 255 g/mol. The molecule has 3 nitrogen and oxygen atoms in total. The smallest absolute Gasteiger partial charge is 0.133 e. The van der Waals surface area contributed by atoms with Gasteiger partial charge in [0, 0.05) is 30.3 Å². The number of nitrogens with two attached hydrogens (primary N) is 1. The first-order valence-corrected chi connectivity index (χ1v) is 6.67. The summed E-state index contributed by atoms with van der Waals surface area (Å²) >= 11 is 0. The molecule has 0 aliphatic heterocycles. The fourth-order valence-electron chi connectivity index (χ4n) is 2.10. The van der Waals surface area contributed by atoms with E-state index in [0.717, 1.165) is 30.1 Å². The van der Waals surface area contributed by atoms with Crippen LogP contribution in [0.2, 0.25) is 0 Å². The average Bonchev–Trinajstić information content (AvgIpc) is 2.30. The number of rotatable bonds is 4. The summed E-state index contributed by atoms with van der Waals surface area (Å²) in [6.45, 7) is 6.09. The predicted octanol–water partition coefficient (Wildman–Crippen LogP) is 2.57. The molecule has 0 bridgehead atoms. The summed E-state index contributed by atoms with van der Waals surface area (Å²) in [4.78, 5) is 9.11. The molecule has 100 valence electrons. The molecule has 1 aromatic heterocycles. The van der Waals surface area contributed by atoms with E-state index in [2.05, 4.69) is 41.2 Å². The second kappa shape index (κ2) is 5.93. The maximum absolute atomic E-state index is 5.83. The Labute approximate surface area is 114 Å². The van der Waals surface area contributed by atoms with Crippen LogP contribution in [0, 0.1) is 13.8 Å². The Morgan fingerprint density at radius 2 is 1.79 bits per heavy atom. The van der Waals surface area contributed by atoms with Crippen molar-refractivity contribution in [3.05, 3.63) is 58.7 Å². The molecule has 0 amide bonds. The van der Waals surface area contributed by atoms with Gasteiger partial charge in [-0.2, -0.15) is 0 Å². The third-order valence-electron chi connectivity index (χ3n) is 2.97. The highest BCUT2D eigenvalue weighted by atomic mass is 14.9. The van der Waals surface area contributed by atoms with Crippen LogP contribution in [0.1, 0.15) is 35.3 Å². The standard InChI is InChI=1S/C16H21N3/c1-11-4-6-14(7-5-11)10-16-18-13(3)9-15(19-16)8-12(2)17/h4-7,9,12H,8,10,17H2,1-3H3. The first-order valence-electron chi connectivity index (χ1n) is 6.67. The Morgan fingerprint density at radius 3 is 2.42 bits per heavy atom. The molecule has 0 spiro atoms. The third kappa shape index (κ3) is 4.14. The molecule has 2 N–H and O–H groups in total. The molecule has 2 aromatic rings. The number of hydrogen-bond acceptors (Lipinski definition) is 3. The third-order valence-corrected chi connectivity index (χ3v) is 2.97. The Morgan fingerprint density at radius 1 is 1.11 bits per heavy atom. The fourth-order valence-corrected chi connectivity index (χ4v) is 2.10. The first-order chi connectivity index (χ1) is 9.02. The molecule has 0 saturated carbocycles. The topological polar surface area (TPSA) is 51.8 Å². The van der Waals surface area contributed by atoms with Crippen molar-refractivity contribution in [2.45, 2.75) is 39.7 Å². The van der Waals surface area contributed by atoms with Crippen LogP contribution in [0.3, 0.4) is 0 Å². The lowest BCUT2D eigenvalue weighted by atomic mass is 10.1. The Bertz CT molecular complexity index is 544. The second-order valence-corrected chi connectivity index (χ2v) is 5.26. The van der Waals surface area contributed by atoms with Crippen LogP contribution in [0.25, 0.3) is 0 Å². The quantitative estimate of drug-likeness (QED) is 0.913. The molecule has 0 radical (unpaired) electrons. The molecule has 0 aliphatic carbocycles. The van der Waals surface area contributed by atoms with Crippen molar-refractivity contribution in [2.24, 2.45) is 5.73 Å². The highest BCUT2D eigenvalue weighted by Crippen LogP contribution is 2.10. The molecule has 19 heavy (non-hydrogen) atoms. The number of aromatic nitrogens is 2. The molecular weight excluding hydrogens is 234 g/mol. The maximum atomic E-state index is 5.83. The van der Waals surface area contributed by atoms with E-state index in [-0.39, 0.29) is 6.04 Å². The van der Waals surface area contributed by atoms with Crippen molar-refractivity contribution in [1.82, 2.24) is 9.97 Å². The Kier molecular flexibility index (Phi) is 4.27. The van der Waals surface area contributed by atoms with Crippen molar-refractivity contribution in [1.29, 1.82) is 0 Å². The minimum atomic E-state index is 0.126. The highest BCUT2D eigenvalue weighted by molar-refractivity contribution is 5.24. The lowest BCUT2D eigenvalue weighted by Gasteiger charge is -2.08. The van der Waals surface area contributed by atoms with Crippen LogP contribution < -0.4 is 5.73 Å². The molecule has 2 rings (SSSR count). The molecule has 0 aliphatic rings. The summed E-state index contributed by atoms with van der Waals surface area (Å²) in [5.41, 5.74) is 10.4. The van der Waals surface area contributed by atoms with E-state index in [4.69, 9.17) is 5.73 Å². The number of nitrogens with zero attached hydrogens (tertiary/aromatic N) is 2. The van der Waals surface area contributed by atoms with Crippen molar-refractivity contribution in [2.75, 3.05) is 0 Å². The molecule has 1 atom stereocenters. The molecule has 1 aromatic carbocycles. The minimum Gasteiger partial charge on any atom is -0.328 e. The maximum Gasteiger partial charge on any atom is 0.133 e. The SMILES string of the molecule is Cc1ccc(Cc2nc(C)cc(CC(C)N)n2)cc1. The van der Waals surface area contributed by atoms with Crippen molar-refractivity contribution >= 4 is 0 Å². The van der Waals surface area contributed by atoms with Gasteiger partial charge in [-0.15, -0.1) is 0 Å². The van der Waals surface area contributed by atoms with Crippen molar-refractivity contribution in [3.8, 4) is 0 Å². The molecule has 0 fully saturated rings. The van der Waals surface area contributed by atoms with Gasteiger partial charge in [-0.1, -0.05) is 29.8 Å². The number of hydrogen-bond donors (Lipinski definition) is 1. The zero-order chi connectivity index (χ0) is 13.8. The summed E-state index contributed by atoms with van der Waals surface area (Å²) in [5.74, 6) is 0.875. The van der Waals surface area contributed by atoms with Gasteiger partial charge in [-0.25, -0.2) is 9.97 Å². The first kappa shape index (κ1) is 13.7. The summed E-state index contributed by atoms with van der Waals surface area (Å²) in [7, 11) is 0. The second-order valence-electron chi connectivity index (χ2n) is 5.26. The van der Waals surface area contributed by atoms with Crippen LogP contribution in [-0.4, -0.2) is 16.0 Å². The van der Waals surface area contributed by atoms with Gasteiger partial charge < -0.3 is 5.73 Å². The summed E-state index contributed by atoms with van der Waals surface area (Å²) in [6.07, 6.45) is 1.57. The molecule has 3 heteroatoms. The van der Waals surface area contributed by atoms with Crippen LogP contribution in [0.15, 0.2) is 30.3 Å². The molecule has 0 saturated heterocycles. The summed E-state index contributed by atoms with van der Waals surface area (Å²) in [6, 6.07) is 10.6. The molecular formula is C16H21N3. The molecule has 1 unspecified atom stereocenters. The van der Waals surface area contributed by atoms with E-state index in [1.165, 1.54) is 11.1 Å². The number of benzene rings is 1. The van der Waals surface area contributed by atoms with Gasteiger partial charge in [0.25, 0.3) is 0 Å². The van der Waals surface area contributed by atoms with Gasteiger partial charge in [-0.3, -0.25) is 0 Å². The zero-order valence-corrected chi connectivity index (χ0v) is 11.9. The monoisotopic (exact) mass is 255 g/mol. The lowest BCUT2D eigenvalue weighted by molar-refractivity contribution is 0.711. The largest absolute Gasteiger partial charge is 0.328 e. The summed E-state index contributed by atoms with van der Waals surface area (Å²) in [5, 5.41) is 0. The fraction of sp³-hybridized carbons (Fsp3) is 0.375. The summed E-state index contributed by atoms with van der Waals surface area (Å²) < 4.78 is 0. The Hall–Kier alpha value is -1.74. The van der Waals surface area contributed by atoms with E-state index in [1.54, 1.807) is 0 Å². The van der Waals surface area contributed by atoms with Gasteiger partial charge in [0.1, 0.15) is 5.82 Å². The van der Waals surface area contributed by atoms with Crippen LogP contribution >= 0.6 is 0 Å². The van der Waals surface area contributed by atoms with E-state index in [1.807, 2.05) is 19.9 Å². The lowest BCUT2D eigenvalue weighted by Crippen LogP contribution is -2.19. The van der Waals surface area contributed by atoms with E-state index < -0.39 is 0 Å². The van der Waals surface area contributed by atoms with Gasteiger partial charge in [0.2, 0.25) is 0 Å². The van der Waals surface area contributed by atoms with Crippen LogP contribution in [0.4, 0.5) is 0 Å². The number of aryl methyl sites for hydroxylation is 2.